The van der Waals surface area contributed by atoms with Crippen LogP contribution in [0.1, 0.15) is 12.8 Å². The molecule has 102 valence electrons. The molecule has 1 atom stereocenters. The van der Waals surface area contributed by atoms with E-state index in [0.29, 0.717) is 6.42 Å². The van der Waals surface area contributed by atoms with Crippen molar-refractivity contribution < 1.29 is 4.74 Å². The van der Waals surface area contributed by atoms with E-state index in [-0.39, 0.29) is 6.04 Å². The lowest BCUT2D eigenvalue weighted by atomic mass is 10.1. The molecule has 1 saturated heterocycles. The summed E-state index contributed by atoms with van der Waals surface area (Å²) < 4.78 is 5.44. The number of nitriles is 1. The van der Waals surface area contributed by atoms with Crippen molar-refractivity contribution in [3.63, 3.8) is 0 Å². The second-order valence-corrected chi connectivity index (χ2v) is 4.97. The summed E-state index contributed by atoms with van der Waals surface area (Å²) in [6.07, 6.45) is 1.68. The van der Waals surface area contributed by atoms with Gasteiger partial charge in [0.05, 0.1) is 25.3 Å². The van der Waals surface area contributed by atoms with Gasteiger partial charge in [0.25, 0.3) is 0 Å². The van der Waals surface area contributed by atoms with Crippen molar-refractivity contribution in [2.75, 3.05) is 38.7 Å². The van der Waals surface area contributed by atoms with Gasteiger partial charge in [0, 0.05) is 19.1 Å². The Morgan fingerprint density at radius 3 is 2.89 bits per heavy atom. The van der Waals surface area contributed by atoms with Crippen molar-refractivity contribution in [3.8, 4) is 11.8 Å². The van der Waals surface area contributed by atoms with Crippen molar-refractivity contribution in [2.45, 2.75) is 18.9 Å². The van der Waals surface area contributed by atoms with Gasteiger partial charge in [-0.25, -0.2) is 0 Å². The zero-order valence-electron chi connectivity index (χ0n) is 11.7. The molecule has 19 heavy (non-hydrogen) atoms. The number of anilines is 1. The van der Waals surface area contributed by atoms with Gasteiger partial charge in [-0.1, -0.05) is 12.1 Å². The van der Waals surface area contributed by atoms with Crippen LogP contribution in [-0.4, -0.2) is 44.7 Å². The van der Waals surface area contributed by atoms with Gasteiger partial charge in [-0.3, -0.25) is 0 Å². The van der Waals surface area contributed by atoms with E-state index in [1.54, 1.807) is 7.11 Å². The number of para-hydroxylation sites is 2. The summed E-state index contributed by atoms with van der Waals surface area (Å²) >= 11 is 0. The molecule has 0 radical (unpaired) electrons. The smallest absolute Gasteiger partial charge is 0.142 e. The molecular weight excluding hydrogens is 238 g/mol. The summed E-state index contributed by atoms with van der Waals surface area (Å²) in [5.41, 5.74) is 1.13. The molecule has 0 amide bonds. The molecule has 0 spiro atoms. The van der Waals surface area contributed by atoms with Gasteiger partial charge in [-0.05, 0) is 32.1 Å². The molecule has 1 aromatic carbocycles. The van der Waals surface area contributed by atoms with E-state index in [0.717, 1.165) is 37.5 Å². The highest BCUT2D eigenvalue weighted by molar-refractivity contribution is 5.58. The predicted octanol–water partition coefficient (Wildman–Crippen LogP) is 2.12. The van der Waals surface area contributed by atoms with Crippen LogP contribution in [0.15, 0.2) is 24.3 Å². The zero-order chi connectivity index (χ0) is 13.7. The van der Waals surface area contributed by atoms with Crippen LogP contribution >= 0.6 is 0 Å². The first kappa shape index (κ1) is 13.7. The summed E-state index contributed by atoms with van der Waals surface area (Å²) in [5.74, 6) is 0.905. The third-order valence-corrected chi connectivity index (χ3v) is 3.75. The molecule has 1 aliphatic heterocycles. The number of benzene rings is 1. The second-order valence-electron chi connectivity index (χ2n) is 4.97. The normalized spacial score (nSPS) is 20.7. The van der Waals surface area contributed by atoms with E-state index in [1.165, 1.54) is 0 Å². The maximum absolute atomic E-state index is 8.97. The van der Waals surface area contributed by atoms with E-state index in [2.05, 4.69) is 29.0 Å². The lowest BCUT2D eigenvalue weighted by Gasteiger charge is -2.29. The van der Waals surface area contributed by atoms with Crippen molar-refractivity contribution in [3.05, 3.63) is 24.3 Å². The largest absolute Gasteiger partial charge is 0.495 e. The Bertz CT molecular complexity index is 455. The third kappa shape index (κ3) is 3.18. The quantitative estimate of drug-likeness (QED) is 0.833. The Morgan fingerprint density at radius 1 is 1.37 bits per heavy atom. The fourth-order valence-corrected chi connectivity index (χ4v) is 2.61. The average Bonchev–Trinajstić information content (AvgIpc) is 2.62. The molecule has 0 saturated carbocycles. The SMILES string of the molecule is COc1ccccc1N1CCCN(C)C(CC#N)C1. The van der Waals surface area contributed by atoms with Crippen molar-refractivity contribution in [1.29, 1.82) is 5.26 Å². The number of nitrogens with zero attached hydrogens (tertiary/aromatic N) is 3. The average molecular weight is 259 g/mol. The summed E-state index contributed by atoms with van der Waals surface area (Å²) in [6, 6.07) is 10.7. The molecule has 1 aromatic rings. The number of methoxy groups -OCH3 is 1. The fraction of sp³-hybridized carbons (Fsp3) is 0.533. The van der Waals surface area contributed by atoms with Crippen molar-refractivity contribution >= 4 is 5.69 Å². The minimum Gasteiger partial charge on any atom is -0.495 e. The molecule has 1 aliphatic rings. The number of hydrogen-bond donors (Lipinski definition) is 0. The summed E-state index contributed by atoms with van der Waals surface area (Å²) in [6.45, 7) is 2.93. The Labute approximate surface area is 115 Å². The highest BCUT2D eigenvalue weighted by Crippen LogP contribution is 2.29. The van der Waals surface area contributed by atoms with Gasteiger partial charge in [0.2, 0.25) is 0 Å². The second kappa shape index (κ2) is 6.44. The molecule has 0 N–H and O–H groups in total. The van der Waals surface area contributed by atoms with E-state index in [4.69, 9.17) is 10.00 Å². The zero-order valence-corrected chi connectivity index (χ0v) is 11.7. The minimum absolute atomic E-state index is 0.289. The lowest BCUT2D eigenvalue weighted by molar-refractivity contribution is 0.263. The Kier molecular flexibility index (Phi) is 4.64. The molecular formula is C15H21N3O. The predicted molar refractivity (Wildman–Crippen MR) is 76.5 cm³/mol. The Hall–Kier alpha value is -1.73. The summed E-state index contributed by atoms with van der Waals surface area (Å²) in [5, 5.41) is 8.97. The van der Waals surface area contributed by atoms with Gasteiger partial charge in [-0.2, -0.15) is 5.26 Å². The molecule has 4 nitrogen and oxygen atoms in total. The van der Waals surface area contributed by atoms with Gasteiger partial charge in [0.1, 0.15) is 5.75 Å². The Balaban J connectivity index is 2.21. The Morgan fingerprint density at radius 2 is 2.16 bits per heavy atom. The van der Waals surface area contributed by atoms with E-state index >= 15 is 0 Å². The maximum atomic E-state index is 8.97. The molecule has 1 heterocycles. The van der Waals surface area contributed by atoms with Crippen LogP contribution in [0.25, 0.3) is 0 Å². The van der Waals surface area contributed by atoms with Gasteiger partial charge in [-0.15, -0.1) is 0 Å². The van der Waals surface area contributed by atoms with Crippen molar-refractivity contribution in [2.24, 2.45) is 0 Å². The standard InChI is InChI=1S/C15H21N3O/c1-17-10-5-11-18(12-13(17)8-9-16)14-6-3-4-7-15(14)19-2/h3-4,6-7,13H,5,8,10-12H2,1-2H3. The minimum atomic E-state index is 0.289. The van der Waals surface area contributed by atoms with Crippen molar-refractivity contribution in [1.82, 2.24) is 4.90 Å². The van der Waals surface area contributed by atoms with E-state index in [9.17, 15) is 0 Å². The molecule has 4 heteroatoms. The highest BCUT2D eigenvalue weighted by Gasteiger charge is 2.23. The highest BCUT2D eigenvalue weighted by atomic mass is 16.5. The van der Waals surface area contributed by atoms with E-state index < -0.39 is 0 Å². The van der Waals surface area contributed by atoms with Gasteiger partial charge in [0.15, 0.2) is 0 Å². The van der Waals surface area contributed by atoms with Crippen LogP contribution in [0.2, 0.25) is 0 Å². The van der Waals surface area contributed by atoms with E-state index in [1.807, 2.05) is 18.2 Å². The molecule has 0 aliphatic carbocycles. The number of ether oxygens (including phenoxy) is 1. The first-order valence-electron chi connectivity index (χ1n) is 6.71. The van der Waals surface area contributed by atoms with Gasteiger partial charge >= 0.3 is 0 Å². The van der Waals surface area contributed by atoms with Crippen LogP contribution in [0.3, 0.4) is 0 Å². The molecule has 2 rings (SSSR count). The first-order valence-corrected chi connectivity index (χ1v) is 6.71. The third-order valence-electron chi connectivity index (χ3n) is 3.75. The number of hydrogen-bond acceptors (Lipinski definition) is 4. The van der Waals surface area contributed by atoms with Crippen LogP contribution in [0.5, 0.6) is 5.75 Å². The molecule has 1 unspecified atom stereocenters. The first-order chi connectivity index (χ1) is 9.26. The number of rotatable bonds is 3. The topological polar surface area (TPSA) is 39.5 Å². The summed E-state index contributed by atoms with van der Waals surface area (Å²) in [7, 11) is 3.81. The summed E-state index contributed by atoms with van der Waals surface area (Å²) in [4.78, 5) is 4.63. The maximum Gasteiger partial charge on any atom is 0.142 e. The van der Waals surface area contributed by atoms with Crippen LogP contribution in [0.4, 0.5) is 5.69 Å². The molecule has 0 aromatic heterocycles. The molecule has 1 fully saturated rings. The van der Waals surface area contributed by atoms with Crippen LogP contribution in [-0.2, 0) is 0 Å². The monoisotopic (exact) mass is 259 g/mol. The van der Waals surface area contributed by atoms with Gasteiger partial charge < -0.3 is 14.5 Å². The van der Waals surface area contributed by atoms with Crippen LogP contribution < -0.4 is 9.64 Å². The number of likely N-dealkylation sites (N-methyl/N-ethyl adjacent to an activating group) is 1. The van der Waals surface area contributed by atoms with Crippen LogP contribution in [0, 0.1) is 11.3 Å². The lowest BCUT2D eigenvalue weighted by Crippen LogP contribution is -2.38. The molecule has 0 bridgehead atoms. The fourth-order valence-electron chi connectivity index (χ4n) is 2.61.